The lowest BCUT2D eigenvalue weighted by molar-refractivity contribution is 0.415. The molecule has 0 saturated carbocycles. The Labute approximate surface area is 205 Å². The fraction of sp³-hybridized carbons (Fsp3) is 0.241. The van der Waals surface area contributed by atoms with Crippen LogP contribution in [0.5, 0.6) is 11.5 Å². The first-order valence-corrected chi connectivity index (χ1v) is 12.5. The molecule has 5 heteroatoms. The molecule has 5 aromatic rings. The Morgan fingerprint density at radius 1 is 0.824 bits per heavy atom. The van der Waals surface area contributed by atoms with Crippen molar-refractivity contribution in [2.45, 2.75) is 42.6 Å². The summed E-state index contributed by atoms with van der Waals surface area (Å²) in [6.07, 6.45) is 5.41. The van der Waals surface area contributed by atoms with Crippen LogP contribution in [-0.4, -0.2) is 23.4 Å². The zero-order valence-electron chi connectivity index (χ0n) is 20.1. The highest BCUT2D eigenvalue weighted by atomic mass is 32.2. The van der Waals surface area contributed by atoms with E-state index in [4.69, 9.17) is 9.47 Å². The van der Waals surface area contributed by atoms with Gasteiger partial charge >= 0.3 is 0 Å². The number of methoxy groups -OCH3 is 2. The van der Waals surface area contributed by atoms with Crippen molar-refractivity contribution in [3.63, 3.8) is 0 Å². The van der Waals surface area contributed by atoms with Crippen LogP contribution in [0.15, 0.2) is 88.9 Å². The van der Waals surface area contributed by atoms with Crippen LogP contribution < -0.4 is 9.47 Å². The van der Waals surface area contributed by atoms with E-state index < -0.39 is 0 Å². The van der Waals surface area contributed by atoms with Crippen LogP contribution in [0.25, 0.3) is 21.8 Å². The molecular weight excluding hydrogens is 440 g/mol. The lowest BCUT2D eigenvalue weighted by Gasteiger charge is -2.09. The molecule has 0 unspecified atom stereocenters. The van der Waals surface area contributed by atoms with Gasteiger partial charge < -0.3 is 18.6 Å². The molecule has 0 aliphatic rings. The molecule has 3 aromatic carbocycles. The van der Waals surface area contributed by atoms with Gasteiger partial charge in [-0.25, -0.2) is 0 Å². The summed E-state index contributed by atoms with van der Waals surface area (Å²) in [7, 11) is 3.43. The molecule has 0 amide bonds. The largest absolute Gasteiger partial charge is 0.497 e. The van der Waals surface area contributed by atoms with Gasteiger partial charge in [0.25, 0.3) is 0 Å². The van der Waals surface area contributed by atoms with E-state index in [1.54, 1.807) is 14.2 Å². The number of nitrogens with zero attached hydrogens (tertiary/aromatic N) is 2. The number of rotatable bonds is 8. The van der Waals surface area contributed by atoms with E-state index in [2.05, 4.69) is 90.0 Å². The highest BCUT2D eigenvalue weighted by Gasteiger charge is 2.13. The Hall–Kier alpha value is -3.31. The number of aromatic nitrogens is 2. The van der Waals surface area contributed by atoms with E-state index in [-0.39, 0.29) is 0 Å². The van der Waals surface area contributed by atoms with Gasteiger partial charge in [0.2, 0.25) is 0 Å². The van der Waals surface area contributed by atoms with Crippen LogP contribution in [0.1, 0.15) is 25.5 Å². The maximum atomic E-state index is 5.48. The summed E-state index contributed by atoms with van der Waals surface area (Å²) >= 11 is 1.81. The third-order valence-electron chi connectivity index (χ3n) is 6.33. The smallest absolute Gasteiger partial charge is 0.119 e. The second-order valence-electron chi connectivity index (χ2n) is 8.81. The Bertz CT molecular complexity index is 1430. The average molecular weight is 471 g/mol. The average Bonchev–Trinajstić information content (AvgIpc) is 3.44. The fourth-order valence-electron chi connectivity index (χ4n) is 4.44. The second-order valence-corrected chi connectivity index (χ2v) is 9.92. The molecule has 5 rings (SSSR count). The van der Waals surface area contributed by atoms with Crippen LogP contribution in [-0.2, 0) is 13.0 Å². The van der Waals surface area contributed by atoms with Gasteiger partial charge in [-0.2, -0.15) is 0 Å². The van der Waals surface area contributed by atoms with E-state index in [0.29, 0.717) is 6.04 Å². The Morgan fingerprint density at radius 2 is 1.53 bits per heavy atom. The van der Waals surface area contributed by atoms with Gasteiger partial charge in [0.1, 0.15) is 11.5 Å². The SMILES string of the molecule is COc1ccc2c(ccn2CCc2ccc(Sc3cn(C(C)C)c4ccc(OC)cc34)cc2)c1. The van der Waals surface area contributed by atoms with E-state index in [9.17, 15) is 0 Å². The summed E-state index contributed by atoms with van der Waals surface area (Å²) in [6.45, 7) is 5.39. The van der Waals surface area contributed by atoms with Crippen molar-refractivity contribution in [3.05, 3.63) is 84.7 Å². The number of benzene rings is 3. The second kappa shape index (κ2) is 9.51. The Kier molecular flexibility index (Phi) is 6.29. The van der Waals surface area contributed by atoms with Gasteiger partial charge in [-0.05, 0) is 80.4 Å². The first kappa shape index (κ1) is 22.5. The number of fused-ring (bicyclic) bond motifs is 2. The van der Waals surface area contributed by atoms with Crippen molar-refractivity contribution in [1.82, 2.24) is 9.13 Å². The monoisotopic (exact) mass is 470 g/mol. The van der Waals surface area contributed by atoms with Gasteiger partial charge in [0.05, 0.1) is 14.2 Å². The van der Waals surface area contributed by atoms with E-state index in [1.807, 2.05) is 23.9 Å². The Morgan fingerprint density at radius 3 is 2.24 bits per heavy atom. The fourth-order valence-corrected chi connectivity index (χ4v) is 5.41. The third-order valence-corrected chi connectivity index (χ3v) is 7.38. The van der Waals surface area contributed by atoms with E-state index in [0.717, 1.165) is 24.5 Å². The minimum absolute atomic E-state index is 0.401. The molecule has 0 N–H and O–H groups in total. The molecule has 0 spiro atoms. The molecule has 0 aliphatic heterocycles. The van der Waals surface area contributed by atoms with Gasteiger partial charge in [0.15, 0.2) is 0 Å². The molecule has 0 fully saturated rings. The normalized spacial score (nSPS) is 11.6. The molecular formula is C29H30N2O2S. The van der Waals surface area contributed by atoms with Crippen molar-refractivity contribution >= 4 is 33.6 Å². The van der Waals surface area contributed by atoms with Crippen molar-refractivity contribution in [1.29, 1.82) is 0 Å². The van der Waals surface area contributed by atoms with Crippen LogP contribution in [0.2, 0.25) is 0 Å². The maximum absolute atomic E-state index is 5.48. The molecule has 0 bridgehead atoms. The predicted molar refractivity (Wildman–Crippen MR) is 142 cm³/mol. The van der Waals surface area contributed by atoms with Gasteiger partial charge in [-0.3, -0.25) is 0 Å². The van der Waals surface area contributed by atoms with Crippen molar-refractivity contribution in [2.24, 2.45) is 0 Å². The summed E-state index contributed by atoms with van der Waals surface area (Å²) in [5.41, 5.74) is 3.82. The van der Waals surface area contributed by atoms with Crippen molar-refractivity contribution in [3.8, 4) is 11.5 Å². The van der Waals surface area contributed by atoms with Crippen LogP contribution >= 0.6 is 11.8 Å². The summed E-state index contributed by atoms with van der Waals surface area (Å²) in [5.74, 6) is 1.79. The minimum Gasteiger partial charge on any atom is -0.497 e. The zero-order chi connectivity index (χ0) is 23.7. The number of hydrogen-bond acceptors (Lipinski definition) is 3. The summed E-state index contributed by atoms with van der Waals surface area (Å²) in [5, 5.41) is 2.45. The molecule has 174 valence electrons. The molecule has 0 atom stereocenters. The number of hydrogen-bond donors (Lipinski definition) is 0. The number of aryl methyl sites for hydroxylation is 2. The van der Waals surface area contributed by atoms with E-state index in [1.165, 1.54) is 37.2 Å². The molecule has 0 saturated heterocycles. The summed E-state index contributed by atoms with van der Waals surface area (Å²) in [4.78, 5) is 2.50. The molecule has 2 aromatic heterocycles. The Balaban J connectivity index is 1.32. The maximum Gasteiger partial charge on any atom is 0.119 e. The topological polar surface area (TPSA) is 28.3 Å². The molecule has 0 radical (unpaired) electrons. The highest BCUT2D eigenvalue weighted by Crippen LogP contribution is 2.38. The van der Waals surface area contributed by atoms with Crippen molar-refractivity contribution < 1.29 is 9.47 Å². The van der Waals surface area contributed by atoms with Crippen LogP contribution in [0, 0.1) is 0 Å². The van der Waals surface area contributed by atoms with Crippen LogP contribution in [0.4, 0.5) is 0 Å². The zero-order valence-corrected chi connectivity index (χ0v) is 20.9. The quantitative estimate of drug-likeness (QED) is 0.234. The minimum atomic E-state index is 0.401. The standard InChI is InChI=1S/C29H30N2O2S/c1-20(2)31-19-29(26-18-24(33-4)8-12-28(26)31)34-25-9-5-21(6-10-25)13-15-30-16-14-22-17-23(32-3)7-11-27(22)30/h5-12,14,16-20H,13,15H2,1-4H3. The van der Waals surface area contributed by atoms with Gasteiger partial charge in [-0.1, -0.05) is 23.9 Å². The predicted octanol–water partition coefficient (Wildman–Crippen LogP) is 7.59. The summed E-state index contributed by atoms with van der Waals surface area (Å²) < 4.78 is 15.5. The first-order valence-electron chi connectivity index (χ1n) is 11.6. The van der Waals surface area contributed by atoms with Gasteiger partial charge in [0, 0.05) is 56.6 Å². The number of ether oxygens (including phenoxy) is 2. The molecule has 4 nitrogen and oxygen atoms in total. The van der Waals surface area contributed by atoms with E-state index >= 15 is 0 Å². The third kappa shape index (κ3) is 4.40. The molecule has 2 heterocycles. The lowest BCUT2D eigenvalue weighted by Crippen LogP contribution is -1.99. The lowest BCUT2D eigenvalue weighted by atomic mass is 10.1. The highest BCUT2D eigenvalue weighted by molar-refractivity contribution is 7.99. The molecule has 0 aliphatic carbocycles. The van der Waals surface area contributed by atoms with Gasteiger partial charge in [-0.15, -0.1) is 0 Å². The van der Waals surface area contributed by atoms with Crippen LogP contribution in [0.3, 0.4) is 0 Å². The summed E-state index contributed by atoms with van der Waals surface area (Å²) in [6, 6.07) is 24.1. The molecule has 34 heavy (non-hydrogen) atoms. The first-order chi connectivity index (χ1) is 16.6. The van der Waals surface area contributed by atoms with Crippen molar-refractivity contribution in [2.75, 3.05) is 14.2 Å².